The Hall–Kier alpha value is -4.37. The van der Waals surface area contributed by atoms with Gasteiger partial charge in [0.25, 0.3) is 11.4 Å². The van der Waals surface area contributed by atoms with E-state index in [0.29, 0.717) is 23.0 Å². The van der Waals surface area contributed by atoms with Crippen LogP contribution in [0.5, 0.6) is 11.5 Å². The maximum absolute atomic E-state index is 13.2. The summed E-state index contributed by atoms with van der Waals surface area (Å²) in [6.07, 6.45) is 0. The van der Waals surface area contributed by atoms with Gasteiger partial charge in [-0.25, -0.2) is 8.42 Å². The number of anilines is 1. The summed E-state index contributed by atoms with van der Waals surface area (Å²) in [5, 5.41) is 31.3. The summed E-state index contributed by atoms with van der Waals surface area (Å²) in [6.45, 7) is 2.07. The minimum Gasteiger partial charge on any atom is -0.454 e. The second kappa shape index (κ2) is 9.25. The zero-order chi connectivity index (χ0) is 26.3. The molecule has 2 aromatic carbocycles. The average Bonchev–Trinajstić information content (AvgIpc) is 3.36. The summed E-state index contributed by atoms with van der Waals surface area (Å²) in [5.41, 5.74) is -0.0127. The molecule has 3 heterocycles. The van der Waals surface area contributed by atoms with Crippen molar-refractivity contribution in [3.05, 3.63) is 68.3 Å². The van der Waals surface area contributed by atoms with Crippen LogP contribution in [-0.4, -0.2) is 65.7 Å². The van der Waals surface area contributed by atoms with E-state index in [-0.39, 0.29) is 38.5 Å². The van der Waals surface area contributed by atoms with E-state index < -0.39 is 36.1 Å². The summed E-state index contributed by atoms with van der Waals surface area (Å²) < 4.78 is 38.2. The highest BCUT2D eigenvalue weighted by Gasteiger charge is 2.33. The number of nitro groups is 2. The molecule has 3 aromatic rings. The van der Waals surface area contributed by atoms with Gasteiger partial charge in [-0.1, -0.05) is 0 Å². The normalized spacial score (nSPS) is 15.5. The molecule has 2 aliphatic heterocycles. The minimum absolute atomic E-state index is 0.0589. The number of nitrogens with zero attached hydrogens (tertiary/aromatic N) is 6. The van der Waals surface area contributed by atoms with Crippen LogP contribution < -0.4 is 14.4 Å². The van der Waals surface area contributed by atoms with Gasteiger partial charge in [0.15, 0.2) is 17.3 Å². The fourth-order valence-electron chi connectivity index (χ4n) is 4.20. The van der Waals surface area contributed by atoms with Gasteiger partial charge < -0.3 is 14.4 Å². The highest BCUT2D eigenvalue weighted by molar-refractivity contribution is 7.89. The molecule has 2 aliphatic rings. The average molecular weight is 529 g/mol. The number of rotatable bonds is 6. The number of aromatic nitrogens is 2. The lowest BCUT2D eigenvalue weighted by Gasteiger charge is -2.34. The smallest absolute Gasteiger partial charge is 0.280 e. The van der Waals surface area contributed by atoms with Gasteiger partial charge in [0.1, 0.15) is 5.56 Å². The van der Waals surface area contributed by atoms with Crippen molar-refractivity contribution in [2.24, 2.45) is 0 Å². The summed E-state index contributed by atoms with van der Waals surface area (Å²) in [4.78, 5) is 22.4. The topological polar surface area (TPSA) is 171 Å². The molecule has 14 nitrogen and oxygen atoms in total. The SMILES string of the molecule is Cc1c([N+](=O)[O-])cc(S(=O)(=O)N2CCN(c3ccc(-c4ccc5c(c4)OCO5)nn3)CC2)cc1[N+](=O)[O-]. The highest BCUT2D eigenvalue weighted by atomic mass is 32.2. The molecule has 15 heteroatoms. The molecule has 192 valence electrons. The molecule has 1 fully saturated rings. The number of ether oxygens (including phenoxy) is 2. The maximum Gasteiger partial charge on any atom is 0.280 e. The van der Waals surface area contributed by atoms with Crippen molar-refractivity contribution < 1.29 is 27.7 Å². The van der Waals surface area contributed by atoms with Crippen molar-refractivity contribution in [1.29, 1.82) is 0 Å². The first-order valence-corrected chi connectivity index (χ1v) is 12.5. The van der Waals surface area contributed by atoms with Crippen LogP contribution in [0.15, 0.2) is 47.4 Å². The Morgan fingerprint density at radius 3 is 2.11 bits per heavy atom. The third-order valence-electron chi connectivity index (χ3n) is 6.24. The van der Waals surface area contributed by atoms with Crippen LogP contribution in [-0.2, 0) is 10.0 Å². The molecule has 1 aromatic heterocycles. The molecule has 0 spiro atoms. The molecule has 37 heavy (non-hydrogen) atoms. The zero-order valence-electron chi connectivity index (χ0n) is 19.4. The molecule has 0 bridgehead atoms. The number of sulfonamides is 1. The third-order valence-corrected chi connectivity index (χ3v) is 8.12. The number of hydrogen-bond acceptors (Lipinski definition) is 11. The Bertz CT molecular complexity index is 1470. The molecule has 0 saturated carbocycles. The van der Waals surface area contributed by atoms with E-state index in [4.69, 9.17) is 9.47 Å². The molecule has 0 amide bonds. The van der Waals surface area contributed by atoms with Gasteiger partial charge in [-0.2, -0.15) is 4.31 Å². The van der Waals surface area contributed by atoms with Crippen LogP contribution in [0.1, 0.15) is 5.56 Å². The standard InChI is InChI=1S/C22H20N6O8S/c1-14-18(27(29)30)11-16(12-19(14)28(31)32)37(33,34)26-8-6-25(7-9-26)22-5-3-17(23-24-22)15-2-4-20-21(10-15)36-13-35-20/h2-5,10-12H,6-9,13H2,1H3. The Balaban J connectivity index is 1.31. The lowest BCUT2D eigenvalue weighted by atomic mass is 10.1. The van der Waals surface area contributed by atoms with E-state index in [1.807, 2.05) is 17.0 Å². The first kappa shape index (κ1) is 24.3. The van der Waals surface area contributed by atoms with Gasteiger partial charge >= 0.3 is 0 Å². The maximum atomic E-state index is 13.2. The van der Waals surface area contributed by atoms with Crippen LogP contribution in [0.25, 0.3) is 11.3 Å². The van der Waals surface area contributed by atoms with Crippen LogP contribution >= 0.6 is 0 Å². The fourth-order valence-corrected chi connectivity index (χ4v) is 5.66. The Morgan fingerprint density at radius 1 is 0.865 bits per heavy atom. The van der Waals surface area contributed by atoms with Gasteiger partial charge in [-0.15, -0.1) is 10.2 Å². The Kier molecular flexibility index (Phi) is 6.08. The Labute approximate surface area is 210 Å². The number of benzene rings is 2. The zero-order valence-corrected chi connectivity index (χ0v) is 20.3. The largest absolute Gasteiger partial charge is 0.454 e. The summed E-state index contributed by atoms with van der Waals surface area (Å²) in [5.74, 6) is 1.85. The monoisotopic (exact) mass is 528 g/mol. The van der Waals surface area contributed by atoms with Gasteiger partial charge in [-0.3, -0.25) is 20.2 Å². The van der Waals surface area contributed by atoms with Crippen molar-refractivity contribution in [2.75, 3.05) is 37.9 Å². The van der Waals surface area contributed by atoms with Crippen molar-refractivity contribution in [3.8, 4) is 22.8 Å². The summed E-state index contributed by atoms with van der Waals surface area (Å²) in [7, 11) is -4.20. The number of fused-ring (bicyclic) bond motifs is 1. The van der Waals surface area contributed by atoms with Crippen molar-refractivity contribution in [1.82, 2.24) is 14.5 Å². The summed E-state index contributed by atoms with van der Waals surface area (Å²) in [6, 6.07) is 10.8. The van der Waals surface area contributed by atoms with E-state index in [0.717, 1.165) is 22.0 Å². The highest BCUT2D eigenvalue weighted by Crippen LogP contribution is 2.36. The lowest BCUT2D eigenvalue weighted by molar-refractivity contribution is -0.395. The molecule has 5 rings (SSSR count). The molecule has 0 atom stereocenters. The van der Waals surface area contributed by atoms with Gasteiger partial charge in [0, 0.05) is 43.9 Å². The first-order chi connectivity index (χ1) is 17.6. The molecule has 0 unspecified atom stereocenters. The quantitative estimate of drug-likeness (QED) is 0.340. The predicted molar refractivity (Wildman–Crippen MR) is 129 cm³/mol. The van der Waals surface area contributed by atoms with E-state index in [9.17, 15) is 28.6 Å². The second-order valence-corrected chi connectivity index (χ2v) is 10.3. The lowest BCUT2D eigenvalue weighted by Crippen LogP contribution is -2.49. The van der Waals surface area contributed by atoms with Crippen LogP contribution in [0, 0.1) is 27.2 Å². The first-order valence-electron chi connectivity index (χ1n) is 11.1. The second-order valence-electron chi connectivity index (χ2n) is 8.34. The van der Waals surface area contributed by atoms with Crippen molar-refractivity contribution >= 4 is 27.2 Å². The Morgan fingerprint density at radius 2 is 1.51 bits per heavy atom. The van der Waals surface area contributed by atoms with Crippen molar-refractivity contribution in [3.63, 3.8) is 0 Å². The fraction of sp³-hybridized carbons (Fsp3) is 0.273. The minimum atomic E-state index is -4.20. The molecular weight excluding hydrogens is 508 g/mol. The molecule has 1 saturated heterocycles. The van der Waals surface area contributed by atoms with Crippen molar-refractivity contribution in [2.45, 2.75) is 11.8 Å². The van der Waals surface area contributed by atoms with Crippen LogP contribution in [0.4, 0.5) is 17.2 Å². The number of hydrogen-bond donors (Lipinski definition) is 0. The van der Waals surface area contributed by atoms with E-state index in [1.165, 1.54) is 6.92 Å². The predicted octanol–water partition coefficient (Wildman–Crippen LogP) is 2.51. The van der Waals surface area contributed by atoms with Crippen LogP contribution in [0.2, 0.25) is 0 Å². The van der Waals surface area contributed by atoms with E-state index >= 15 is 0 Å². The number of nitro benzene ring substituents is 2. The number of piperazine rings is 1. The van der Waals surface area contributed by atoms with Gasteiger partial charge in [-0.05, 0) is 37.3 Å². The molecule has 0 aliphatic carbocycles. The van der Waals surface area contributed by atoms with E-state index in [2.05, 4.69) is 10.2 Å². The molecular formula is C22H20N6O8S. The van der Waals surface area contributed by atoms with Gasteiger partial charge in [0.2, 0.25) is 16.8 Å². The van der Waals surface area contributed by atoms with E-state index in [1.54, 1.807) is 18.2 Å². The third kappa shape index (κ3) is 4.49. The summed E-state index contributed by atoms with van der Waals surface area (Å²) >= 11 is 0. The molecule has 0 N–H and O–H groups in total. The van der Waals surface area contributed by atoms with Gasteiger partial charge in [0.05, 0.1) is 20.4 Å². The van der Waals surface area contributed by atoms with Crippen LogP contribution in [0.3, 0.4) is 0 Å². The molecule has 0 radical (unpaired) electrons.